The number of nitrogens with zero attached hydrogens (tertiary/aromatic N) is 1. The summed E-state index contributed by atoms with van der Waals surface area (Å²) in [5.41, 5.74) is 5.68. The Balaban J connectivity index is 1.75. The second-order valence-corrected chi connectivity index (χ2v) is 9.57. The SMILES string of the molecule is C=C/C=C(/O)C(=C)/C1=C/C=C2\C/C(=C\C=C/C1)C(=C)/C(=C\C(=C)N(/C(C=C)=C/C=C)c1ccc3ccccc3c1)O2. The predicted molar refractivity (Wildman–Crippen MR) is 175 cm³/mol. The number of rotatable bonds is 9. The summed E-state index contributed by atoms with van der Waals surface area (Å²) in [4.78, 5) is 2.02. The molecule has 1 fully saturated rings. The highest BCUT2D eigenvalue weighted by Gasteiger charge is 2.22. The van der Waals surface area contributed by atoms with E-state index in [0.717, 1.165) is 44.6 Å². The number of hydrogen-bond acceptors (Lipinski definition) is 3. The first-order chi connectivity index (χ1) is 19.9. The van der Waals surface area contributed by atoms with Gasteiger partial charge in [-0.1, -0.05) is 106 Å². The van der Waals surface area contributed by atoms with Gasteiger partial charge in [0.05, 0.1) is 0 Å². The third-order valence-electron chi connectivity index (χ3n) is 6.84. The van der Waals surface area contributed by atoms with Crippen molar-refractivity contribution >= 4 is 16.5 Å². The third kappa shape index (κ3) is 6.66. The van der Waals surface area contributed by atoms with Gasteiger partial charge < -0.3 is 14.7 Å². The quantitative estimate of drug-likeness (QED) is 0.255. The van der Waals surface area contributed by atoms with Crippen molar-refractivity contribution in [3.63, 3.8) is 0 Å². The lowest BCUT2D eigenvalue weighted by molar-refractivity contribution is 0.292. The van der Waals surface area contributed by atoms with Crippen LogP contribution in [0.3, 0.4) is 0 Å². The van der Waals surface area contributed by atoms with Gasteiger partial charge in [-0.15, -0.1) is 0 Å². The minimum Gasteiger partial charge on any atom is -0.507 e. The summed E-state index contributed by atoms with van der Waals surface area (Å²) in [6.45, 7) is 24.4. The van der Waals surface area contributed by atoms with Crippen LogP contribution in [0.4, 0.5) is 5.69 Å². The molecule has 2 aromatic rings. The van der Waals surface area contributed by atoms with Gasteiger partial charge in [-0.05, 0) is 64.8 Å². The van der Waals surface area contributed by atoms with Crippen molar-refractivity contribution in [1.82, 2.24) is 0 Å². The lowest BCUT2D eigenvalue weighted by Crippen LogP contribution is -2.20. The van der Waals surface area contributed by atoms with E-state index in [1.807, 2.05) is 59.6 Å². The van der Waals surface area contributed by atoms with Crippen molar-refractivity contribution in [3.05, 3.63) is 200 Å². The average Bonchev–Trinajstić information content (AvgIpc) is 2.98. The molecule has 1 N–H and O–H groups in total. The van der Waals surface area contributed by atoms with Crippen LogP contribution in [0.1, 0.15) is 12.8 Å². The van der Waals surface area contributed by atoms with Crippen molar-refractivity contribution in [2.24, 2.45) is 0 Å². The van der Waals surface area contributed by atoms with Gasteiger partial charge in [-0.3, -0.25) is 0 Å². The minimum atomic E-state index is 0.0838. The average molecular weight is 538 g/mol. The van der Waals surface area contributed by atoms with Crippen molar-refractivity contribution < 1.29 is 9.84 Å². The van der Waals surface area contributed by atoms with Crippen LogP contribution in [0.5, 0.6) is 0 Å². The highest BCUT2D eigenvalue weighted by molar-refractivity contribution is 5.87. The maximum atomic E-state index is 10.3. The fourth-order valence-electron chi connectivity index (χ4n) is 4.67. The van der Waals surface area contributed by atoms with Crippen molar-refractivity contribution in [2.45, 2.75) is 12.8 Å². The summed E-state index contributed by atoms with van der Waals surface area (Å²) in [6, 6.07) is 14.5. The zero-order valence-electron chi connectivity index (χ0n) is 23.4. The smallest absolute Gasteiger partial charge is 0.135 e. The van der Waals surface area contributed by atoms with Crippen LogP contribution in [-0.4, -0.2) is 5.11 Å². The van der Waals surface area contributed by atoms with Gasteiger partial charge in [0.2, 0.25) is 0 Å². The Bertz CT molecular complexity index is 1660. The molecule has 4 rings (SSSR count). The summed E-state index contributed by atoms with van der Waals surface area (Å²) >= 11 is 0. The molecule has 3 nitrogen and oxygen atoms in total. The molecule has 2 aliphatic rings. The standard InChI is InChI=1S/C38H35NO2/c1-7-14-34(9-3)39(35-22-20-31-17-11-13-19-33(31)25-35)27(4)24-38-29(6)32-18-12-10-16-30(21-23-36(26-32)41-38)28(5)37(40)15-8-2/h7-15,17-25,40H,1-6,16,26H2/b12-10-,30-21+,32-18+,34-14+,36-23+,37-15+,38-24+. The first kappa shape index (κ1) is 28.7. The lowest BCUT2D eigenvalue weighted by Gasteiger charge is -2.29. The van der Waals surface area contributed by atoms with Gasteiger partial charge in [0.25, 0.3) is 0 Å². The van der Waals surface area contributed by atoms with E-state index in [2.05, 4.69) is 69.8 Å². The molecule has 0 radical (unpaired) electrons. The summed E-state index contributed by atoms with van der Waals surface area (Å²) < 4.78 is 6.38. The molecule has 1 saturated heterocycles. The second kappa shape index (κ2) is 13.2. The fraction of sp³-hybridized carbons (Fsp3) is 0.0526. The monoisotopic (exact) mass is 537 g/mol. The highest BCUT2D eigenvalue weighted by Crippen LogP contribution is 2.37. The Hall–Kier alpha value is -5.28. The number of benzene rings is 2. The van der Waals surface area contributed by atoms with Crippen LogP contribution in [0.15, 0.2) is 200 Å². The van der Waals surface area contributed by atoms with Crippen LogP contribution in [-0.2, 0) is 4.74 Å². The van der Waals surface area contributed by atoms with E-state index >= 15 is 0 Å². The van der Waals surface area contributed by atoms with Gasteiger partial charge in [0, 0.05) is 40.7 Å². The van der Waals surface area contributed by atoms with Crippen LogP contribution in [0.25, 0.3) is 10.8 Å². The van der Waals surface area contributed by atoms with Crippen molar-refractivity contribution in [1.29, 1.82) is 0 Å². The van der Waals surface area contributed by atoms with Crippen LogP contribution >= 0.6 is 0 Å². The molecule has 0 spiro atoms. The number of aliphatic hydroxyl groups excluding tert-OH is 1. The van der Waals surface area contributed by atoms with E-state index in [-0.39, 0.29) is 5.76 Å². The largest absolute Gasteiger partial charge is 0.507 e. The molecule has 0 saturated carbocycles. The van der Waals surface area contributed by atoms with Gasteiger partial charge in [0.15, 0.2) is 0 Å². The van der Waals surface area contributed by atoms with Crippen LogP contribution < -0.4 is 4.90 Å². The molecule has 0 atom stereocenters. The summed E-state index contributed by atoms with van der Waals surface area (Å²) in [6.07, 6.45) is 21.5. The number of aliphatic hydroxyl groups is 1. The number of anilines is 1. The predicted octanol–water partition coefficient (Wildman–Crippen LogP) is 10.2. The highest BCUT2D eigenvalue weighted by atomic mass is 16.5. The first-order valence-electron chi connectivity index (χ1n) is 13.3. The van der Waals surface area contributed by atoms with E-state index in [1.165, 1.54) is 12.2 Å². The molecule has 0 unspecified atom stereocenters. The molecule has 41 heavy (non-hydrogen) atoms. The Morgan fingerprint density at radius 2 is 1.68 bits per heavy atom. The Morgan fingerprint density at radius 1 is 0.927 bits per heavy atom. The molecular formula is C38H35NO2. The van der Waals surface area contributed by atoms with E-state index < -0.39 is 0 Å². The van der Waals surface area contributed by atoms with Gasteiger partial charge in [0.1, 0.15) is 17.3 Å². The van der Waals surface area contributed by atoms with E-state index in [0.29, 0.717) is 29.9 Å². The van der Waals surface area contributed by atoms with Crippen LogP contribution in [0.2, 0.25) is 0 Å². The number of hydrogen-bond donors (Lipinski definition) is 1. The molecule has 2 aromatic carbocycles. The molecule has 1 heterocycles. The second-order valence-electron chi connectivity index (χ2n) is 9.57. The molecule has 3 heteroatoms. The molecule has 0 amide bonds. The van der Waals surface area contributed by atoms with Crippen molar-refractivity contribution in [3.8, 4) is 0 Å². The minimum absolute atomic E-state index is 0.0838. The topological polar surface area (TPSA) is 32.7 Å². The number of ether oxygens (including phenoxy) is 1. The molecule has 1 aliphatic carbocycles. The summed E-state index contributed by atoms with van der Waals surface area (Å²) in [5.74, 6) is 1.43. The zero-order valence-corrected chi connectivity index (χ0v) is 23.4. The number of allylic oxidation sites excluding steroid dienone is 14. The van der Waals surface area contributed by atoms with Gasteiger partial charge in [-0.2, -0.15) is 0 Å². The first-order valence-corrected chi connectivity index (χ1v) is 13.3. The van der Waals surface area contributed by atoms with E-state index in [1.54, 1.807) is 12.2 Å². The van der Waals surface area contributed by atoms with E-state index in [9.17, 15) is 5.11 Å². The Morgan fingerprint density at radius 3 is 2.41 bits per heavy atom. The fourth-order valence-corrected chi connectivity index (χ4v) is 4.67. The zero-order chi connectivity index (χ0) is 29.4. The van der Waals surface area contributed by atoms with Gasteiger partial charge in [-0.25, -0.2) is 0 Å². The molecule has 204 valence electrons. The van der Waals surface area contributed by atoms with Gasteiger partial charge >= 0.3 is 0 Å². The maximum absolute atomic E-state index is 10.3. The molecule has 0 aromatic heterocycles. The van der Waals surface area contributed by atoms with E-state index in [4.69, 9.17) is 4.74 Å². The van der Waals surface area contributed by atoms with Crippen LogP contribution in [0, 0.1) is 0 Å². The summed E-state index contributed by atoms with van der Waals surface area (Å²) in [5, 5.41) is 12.6. The summed E-state index contributed by atoms with van der Waals surface area (Å²) in [7, 11) is 0. The maximum Gasteiger partial charge on any atom is 0.135 e. The third-order valence-corrected chi connectivity index (χ3v) is 6.84. The molecule has 2 bridgehead atoms. The Labute approximate surface area is 243 Å². The Kier molecular flexibility index (Phi) is 9.24. The van der Waals surface area contributed by atoms with Crippen molar-refractivity contribution in [2.75, 3.05) is 4.90 Å². The molecule has 1 aliphatic heterocycles. The number of fused-ring (bicyclic) bond motifs is 3. The normalized spacial score (nSPS) is 21.2. The lowest BCUT2D eigenvalue weighted by atomic mass is 9.94. The molecular weight excluding hydrogens is 502 g/mol.